The van der Waals surface area contributed by atoms with Crippen molar-refractivity contribution in [2.24, 2.45) is 0 Å². The Hall–Kier alpha value is -2.61. The fourth-order valence-corrected chi connectivity index (χ4v) is 2.71. The molecule has 24 heavy (non-hydrogen) atoms. The van der Waals surface area contributed by atoms with E-state index < -0.39 is 11.9 Å². The predicted molar refractivity (Wildman–Crippen MR) is 84.1 cm³/mol. The first kappa shape index (κ1) is 16.3. The van der Waals surface area contributed by atoms with Crippen molar-refractivity contribution in [1.29, 1.82) is 0 Å². The molecule has 0 saturated carbocycles. The second kappa shape index (κ2) is 6.48. The zero-order chi connectivity index (χ0) is 17.2. The van der Waals surface area contributed by atoms with Crippen molar-refractivity contribution < 1.29 is 18.0 Å². The van der Waals surface area contributed by atoms with Gasteiger partial charge in [0.05, 0.1) is 12.2 Å². The molecule has 1 aromatic carbocycles. The van der Waals surface area contributed by atoms with Crippen molar-refractivity contribution in [3.05, 3.63) is 70.2 Å². The Bertz CT molecular complexity index is 823. The predicted octanol–water partition coefficient (Wildman–Crippen LogP) is 3.88. The fourth-order valence-electron chi connectivity index (χ4n) is 2.07. The van der Waals surface area contributed by atoms with Crippen LogP contribution in [-0.2, 0) is 12.7 Å². The van der Waals surface area contributed by atoms with Crippen LogP contribution < -0.4 is 5.32 Å². The van der Waals surface area contributed by atoms with Crippen molar-refractivity contribution in [2.45, 2.75) is 12.7 Å². The monoisotopic (exact) mass is 351 g/mol. The highest BCUT2D eigenvalue weighted by molar-refractivity contribution is 7.09. The zero-order valence-electron chi connectivity index (χ0n) is 12.2. The van der Waals surface area contributed by atoms with Crippen LogP contribution in [0.2, 0.25) is 0 Å². The van der Waals surface area contributed by atoms with Crippen LogP contribution in [0.15, 0.2) is 54.0 Å². The summed E-state index contributed by atoms with van der Waals surface area (Å²) >= 11 is 1.55. The molecule has 0 bridgehead atoms. The fraction of sp³-hybridized carbons (Fsp3) is 0.125. The maximum atomic E-state index is 12.6. The summed E-state index contributed by atoms with van der Waals surface area (Å²) in [5.74, 6) is -0.244. The van der Waals surface area contributed by atoms with Gasteiger partial charge in [-0.1, -0.05) is 6.07 Å². The molecule has 0 radical (unpaired) electrons. The molecular weight excluding hydrogens is 339 g/mol. The van der Waals surface area contributed by atoms with Crippen LogP contribution in [0.4, 0.5) is 13.2 Å². The lowest BCUT2D eigenvalue weighted by molar-refractivity contribution is -0.141. The third-order valence-corrected chi connectivity index (χ3v) is 4.15. The molecule has 0 aliphatic heterocycles. The SMILES string of the molecule is O=C(NCc1cccs1)c1ccc(-n2ccc(C(F)(F)F)n2)cc1. The molecule has 0 aliphatic rings. The number of nitrogens with zero attached hydrogens (tertiary/aromatic N) is 2. The van der Waals surface area contributed by atoms with Crippen LogP contribution in [0.25, 0.3) is 5.69 Å². The number of hydrogen-bond acceptors (Lipinski definition) is 3. The highest BCUT2D eigenvalue weighted by Gasteiger charge is 2.33. The van der Waals surface area contributed by atoms with Gasteiger partial charge in [0.15, 0.2) is 5.69 Å². The molecule has 3 aromatic rings. The number of halogens is 3. The number of amides is 1. The van der Waals surface area contributed by atoms with Gasteiger partial charge in [-0.25, -0.2) is 4.68 Å². The van der Waals surface area contributed by atoms with Crippen LogP contribution in [-0.4, -0.2) is 15.7 Å². The maximum Gasteiger partial charge on any atom is 0.435 e. The first-order valence-corrected chi connectivity index (χ1v) is 7.85. The lowest BCUT2D eigenvalue weighted by Crippen LogP contribution is -2.22. The molecule has 0 saturated heterocycles. The molecule has 1 amide bonds. The summed E-state index contributed by atoms with van der Waals surface area (Å²) in [5.41, 5.74) is -0.0842. The Morgan fingerprint density at radius 1 is 1.17 bits per heavy atom. The summed E-state index contributed by atoms with van der Waals surface area (Å²) < 4.78 is 38.8. The Balaban J connectivity index is 1.68. The van der Waals surface area contributed by atoms with Crippen LogP contribution >= 0.6 is 11.3 Å². The van der Waals surface area contributed by atoms with Gasteiger partial charge in [0.1, 0.15) is 0 Å². The van der Waals surface area contributed by atoms with Gasteiger partial charge in [0.2, 0.25) is 0 Å². The number of rotatable bonds is 4. The third-order valence-electron chi connectivity index (χ3n) is 3.28. The molecule has 0 unspecified atom stereocenters. The second-order valence-electron chi connectivity index (χ2n) is 4.95. The second-order valence-corrected chi connectivity index (χ2v) is 5.98. The van der Waals surface area contributed by atoms with E-state index in [1.165, 1.54) is 6.20 Å². The summed E-state index contributed by atoms with van der Waals surface area (Å²) in [6.07, 6.45) is -3.25. The molecule has 0 atom stereocenters. The van der Waals surface area contributed by atoms with Gasteiger partial charge in [0, 0.05) is 16.6 Å². The van der Waals surface area contributed by atoms with E-state index in [0.717, 1.165) is 15.6 Å². The Morgan fingerprint density at radius 2 is 1.92 bits per heavy atom. The van der Waals surface area contributed by atoms with E-state index in [-0.39, 0.29) is 5.91 Å². The first-order chi connectivity index (χ1) is 11.4. The van der Waals surface area contributed by atoms with Crippen LogP contribution in [0, 0.1) is 0 Å². The van der Waals surface area contributed by atoms with Crippen molar-refractivity contribution >= 4 is 17.2 Å². The molecular formula is C16H12F3N3OS. The number of hydrogen-bond donors (Lipinski definition) is 1. The summed E-state index contributed by atoms with van der Waals surface area (Å²) in [6, 6.07) is 10.9. The number of thiophene rings is 1. The molecule has 0 aliphatic carbocycles. The first-order valence-electron chi connectivity index (χ1n) is 6.97. The lowest BCUT2D eigenvalue weighted by Gasteiger charge is -2.06. The molecule has 3 rings (SSSR count). The van der Waals surface area contributed by atoms with Gasteiger partial charge >= 0.3 is 6.18 Å². The standard InChI is InChI=1S/C16H12F3N3OS/c17-16(18,19)14-7-8-22(21-14)12-5-3-11(4-6-12)15(23)20-10-13-2-1-9-24-13/h1-9H,10H2,(H,20,23). The molecule has 2 aromatic heterocycles. The molecule has 4 nitrogen and oxygen atoms in total. The Labute approximate surface area is 139 Å². The minimum atomic E-state index is -4.48. The van der Waals surface area contributed by atoms with Gasteiger partial charge in [-0.2, -0.15) is 18.3 Å². The molecule has 0 spiro atoms. The van der Waals surface area contributed by atoms with Gasteiger partial charge in [0.25, 0.3) is 5.91 Å². The molecule has 2 heterocycles. The molecule has 1 N–H and O–H groups in total. The highest BCUT2D eigenvalue weighted by atomic mass is 32.1. The van der Waals surface area contributed by atoms with Gasteiger partial charge in [-0.3, -0.25) is 4.79 Å². The van der Waals surface area contributed by atoms with Crippen LogP contribution in [0.5, 0.6) is 0 Å². The average Bonchev–Trinajstić information content (AvgIpc) is 3.23. The summed E-state index contributed by atoms with van der Waals surface area (Å²) in [6.45, 7) is 0.437. The van der Waals surface area contributed by atoms with E-state index in [4.69, 9.17) is 0 Å². The maximum absolute atomic E-state index is 12.6. The lowest BCUT2D eigenvalue weighted by atomic mass is 10.2. The van der Waals surface area contributed by atoms with Gasteiger partial charge < -0.3 is 5.32 Å². The van der Waals surface area contributed by atoms with Gasteiger partial charge in [-0.05, 0) is 41.8 Å². The van der Waals surface area contributed by atoms with E-state index in [9.17, 15) is 18.0 Å². The topological polar surface area (TPSA) is 46.9 Å². The Kier molecular flexibility index (Phi) is 4.39. The number of aromatic nitrogens is 2. The van der Waals surface area contributed by atoms with Crippen molar-refractivity contribution in [1.82, 2.24) is 15.1 Å². The zero-order valence-corrected chi connectivity index (χ0v) is 13.1. The molecule has 8 heteroatoms. The summed E-state index contributed by atoms with van der Waals surface area (Å²) in [5, 5.41) is 8.20. The van der Waals surface area contributed by atoms with E-state index in [1.807, 2.05) is 17.5 Å². The minimum absolute atomic E-state index is 0.244. The average molecular weight is 351 g/mol. The number of carbonyl (C=O) groups is 1. The summed E-state index contributed by atoms with van der Waals surface area (Å²) in [7, 11) is 0. The number of alkyl halides is 3. The van der Waals surface area contributed by atoms with E-state index in [0.29, 0.717) is 17.8 Å². The minimum Gasteiger partial charge on any atom is -0.347 e. The summed E-state index contributed by atoms with van der Waals surface area (Å²) in [4.78, 5) is 13.1. The van der Waals surface area contributed by atoms with Crippen LogP contribution in [0.3, 0.4) is 0 Å². The number of nitrogens with one attached hydrogen (secondary N) is 1. The largest absolute Gasteiger partial charge is 0.435 e. The van der Waals surface area contributed by atoms with E-state index in [2.05, 4.69) is 10.4 Å². The highest BCUT2D eigenvalue weighted by Crippen LogP contribution is 2.27. The smallest absolute Gasteiger partial charge is 0.347 e. The normalized spacial score (nSPS) is 11.5. The van der Waals surface area contributed by atoms with Crippen molar-refractivity contribution in [3.63, 3.8) is 0 Å². The molecule has 0 fully saturated rings. The Morgan fingerprint density at radius 3 is 2.50 bits per heavy atom. The van der Waals surface area contributed by atoms with Crippen molar-refractivity contribution in [3.8, 4) is 5.69 Å². The number of carbonyl (C=O) groups excluding carboxylic acids is 1. The van der Waals surface area contributed by atoms with E-state index in [1.54, 1.807) is 35.6 Å². The molecule has 124 valence electrons. The van der Waals surface area contributed by atoms with Crippen molar-refractivity contribution in [2.75, 3.05) is 0 Å². The third kappa shape index (κ3) is 3.65. The van der Waals surface area contributed by atoms with Crippen LogP contribution in [0.1, 0.15) is 20.9 Å². The van der Waals surface area contributed by atoms with Gasteiger partial charge in [-0.15, -0.1) is 11.3 Å². The quantitative estimate of drug-likeness (QED) is 0.775. The number of benzene rings is 1. The van der Waals surface area contributed by atoms with E-state index >= 15 is 0 Å².